The van der Waals surface area contributed by atoms with E-state index in [0.717, 1.165) is 27.0 Å². The summed E-state index contributed by atoms with van der Waals surface area (Å²) in [5.74, 6) is -1.01. The van der Waals surface area contributed by atoms with Crippen LogP contribution in [0.15, 0.2) is 59.8 Å². The number of likely N-dealkylation sites (N-methyl/N-ethyl adjacent to an activating group) is 1. The fraction of sp³-hybridized carbons (Fsp3) is 0.400. The van der Waals surface area contributed by atoms with Gasteiger partial charge in [0, 0.05) is 69.5 Å². The van der Waals surface area contributed by atoms with E-state index in [0.29, 0.717) is 75.2 Å². The van der Waals surface area contributed by atoms with Gasteiger partial charge in [-0.2, -0.15) is 0 Å². The molecule has 0 spiro atoms. The van der Waals surface area contributed by atoms with Crippen molar-refractivity contribution in [3.05, 3.63) is 82.0 Å². The number of piperidine rings is 1. The second kappa shape index (κ2) is 18.5. The number of aliphatic hydroxyl groups excluding tert-OH is 1. The molecule has 1 fully saturated rings. The lowest BCUT2D eigenvalue weighted by molar-refractivity contribution is -0.136. The number of carbonyl (C=O) groups excluding carboxylic acids is 4. The average molecular weight is 786 g/mol. The molecule has 2 aromatic carbocycles. The highest BCUT2D eigenvalue weighted by Crippen LogP contribution is 2.38. The molecule has 0 aliphatic carbocycles. The maximum atomic E-state index is 13.2. The first-order valence-electron chi connectivity index (χ1n) is 18.5. The van der Waals surface area contributed by atoms with Gasteiger partial charge in [0.15, 0.2) is 0 Å². The predicted molar refractivity (Wildman–Crippen MR) is 209 cm³/mol. The van der Waals surface area contributed by atoms with Gasteiger partial charge in [0.1, 0.15) is 23.8 Å². The van der Waals surface area contributed by atoms with Gasteiger partial charge < -0.3 is 33.9 Å². The number of fused-ring (bicyclic) bond motifs is 2. The number of nitrogens with one attached hydrogen (secondary N) is 3. The van der Waals surface area contributed by atoms with Gasteiger partial charge >= 0.3 is 0 Å². The number of carbonyl (C=O) groups is 4. The number of amides is 4. The van der Waals surface area contributed by atoms with Crippen LogP contribution in [0.4, 0.5) is 5.69 Å². The number of aromatic nitrogens is 2. The second-order valence-electron chi connectivity index (χ2n) is 13.7. The fourth-order valence-electron chi connectivity index (χ4n) is 7.07. The van der Waals surface area contributed by atoms with E-state index in [9.17, 15) is 29.1 Å². The van der Waals surface area contributed by atoms with E-state index in [-0.39, 0.29) is 29.5 Å². The van der Waals surface area contributed by atoms with Crippen LogP contribution in [0.1, 0.15) is 39.1 Å². The van der Waals surface area contributed by atoms with Crippen molar-refractivity contribution in [2.24, 2.45) is 7.05 Å². The molecule has 4 heterocycles. The molecule has 17 heteroatoms. The minimum absolute atomic E-state index is 0.0515. The van der Waals surface area contributed by atoms with Gasteiger partial charge in [0.25, 0.3) is 17.4 Å². The number of methoxy groups -OCH3 is 2. The first-order valence-corrected chi connectivity index (χ1v) is 18.5. The van der Waals surface area contributed by atoms with Gasteiger partial charge in [-0.3, -0.25) is 49.4 Å². The van der Waals surface area contributed by atoms with E-state index in [4.69, 9.17) is 18.9 Å². The van der Waals surface area contributed by atoms with Gasteiger partial charge in [-0.15, -0.1) is 0 Å². The van der Waals surface area contributed by atoms with Crippen molar-refractivity contribution in [3.8, 4) is 22.6 Å². The molecule has 2 aliphatic heterocycles. The van der Waals surface area contributed by atoms with Crippen LogP contribution in [0.2, 0.25) is 0 Å². The molecule has 6 rings (SSSR count). The molecule has 302 valence electrons. The summed E-state index contributed by atoms with van der Waals surface area (Å²) < 4.78 is 24.4. The predicted octanol–water partition coefficient (Wildman–Crippen LogP) is 1.50. The average Bonchev–Trinajstić information content (AvgIpc) is 3.45. The number of hydrogen-bond acceptors (Lipinski definition) is 14. The maximum absolute atomic E-state index is 13.2. The van der Waals surface area contributed by atoms with Gasteiger partial charge in [-0.1, -0.05) is 6.07 Å². The van der Waals surface area contributed by atoms with Crippen molar-refractivity contribution in [1.82, 2.24) is 30.0 Å². The number of hydrogen-bond donors (Lipinski definition) is 4. The number of benzene rings is 2. The number of aryl methyl sites for hydroxylation is 1. The number of aliphatic hydroxyl groups is 1. The van der Waals surface area contributed by atoms with Gasteiger partial charge in [-0.05, 0) is 54.8 Å². The van der Waals surface area contributed by atoms with E-state index in [1.807, 2.05) is 30.1 Å². The van der Waals surface area contributed by atoms with Crippen molar-refractivity contribution >= 4 is 40.1 Å². The minimum Gasteiger partial charge on any atom is -0.496 e. The SMILES string of the molecule is COc1cc(-c2cn(C)c(=O)c3cnccc23)cc(OC)c1CN(C)CC(O)NCCOCCOCCNc1cccc2c1C(=O)N(C1CCC(=O)NC1=O)C2=O. The quantitative estimate of drug-likeness (QED) is 0.0605. The van der Waals surface area contributed by atoms with Gasteiger partial charge in [0.05, 0.1) is 62.7 Å². The van der Waals surface area contributed by atoms with Crippen molar-refractivity contribution in [1.29, 1.82) is 0 Å². The Bertz CT molecular complexity index is 2180. The van der Waals surface area contributed by atoms with Crippen molar-refractivity contribution in [2.75, 3.05) is 72.6 Å². The lowest BCUT2D eigenvalue weighted by atomic mass is 9.99. The Hall–Kier alpha value is -5.72. The van der Waals surface area contributed by atoms with Crippen LogP contribution in [0.25, 0.3) is 21.9 Å². The Morgan fingerprint density at radius 1 is 0.947 bits per heavy atom. The van der Waals surface area contributed by atoms with Crippen molar-refractivity contribution in [3.63, 3.8) is 0 Å². The third-order valence-electron chi connectivity index (χ3n) is 9.84. The highest BCUT2D eigenvalue weighted by atomic mass is 16.5. The fourth-order valence-corrected chi connectivity index (χ4v) is 7.07. The van der Waals surface area contributed by atoms with Crippen LogP contribution < -0.4 is 31.0 Å². The molecule has 0 radical (unpaired) electrons. The molecule has 4 amide bonds. The summed E-state index contributed by atoms with van der Waals surface area (Å²) in [5, 5.41) is 20.3. The molecule has 4 aromatic rings. The lowest BCUT2D eigenvalue weighted by Gasteiger charge is -2.27. The first kappa shape index (κ1) is 40.9. The van der Waals surface area contributed by atoms with E-state index in [2.05, 4.69) is 20.9 Å². The lowest BCUT2D eigenvalue weighted by Crippen LogP contribution is -2.54. The zero-order valence-corrected chi connectivity index (χ0v) is 32.3. The third-order valence-corrected chi connectivity index (χ3v) is 9.84. The summed E-state index contributed by atoms with van der Waals surface area (Å²) in [7, 11) is 6.77. The number of rotatable bonds is 19. The summed E-state index contributed by atoms with van der Waals surface area (Å²) in [4.78, 5) is 69.9. The van der Waals surface area contributed by atoms with Crippen molar-refractivity contribution < 1.29 is 43.2 Å². The Balaban J connectivity index is 0.900. The molecule has 2 atom stereocenters. The van der Waals surface area contributed by atoms with Crippen LogP contribution >= 0.6 is 0 Å². The topological polar surface area (TPSA) is 203 Å². The van der Waals surface area contributed by atoms with Crippen LogP contribution in [0.5, 0.6) is 11.5 Å². The zero-order valence-electron chi connectivity index (χ0n) is 32.3. The summed E-state index contributed by atoms with van der Waals surface area (Å²) >= 11 is 0. The van der Waals surface area contributed by atoms with Gasteiger partial charge in [0.2, 0.25) is 11.8 Å². The Kier molecular flexibility index (Phi) is 13.3. The van der Waals surface area contributed by atoms with Gasteiger partial charge in [-0.25, -0.2) is 0 Å². The third kappa shape index (κ3) is 9.13. The molecule has 0 saturated carbocycles. The normalized spacial score (nSPS) is 16.0. The van der Waals surface area contributed by atoms with Crippen LogP contribution in [-0.4, -0.2) is 128 Å². The molecule has 4 N–H and O–H groups in total. The largest absolute Gasteiger partial charge is 0.496 e. The first-order chi connectivity index (χ1) is 27.5. The van der Waals surface area contributed by atoms with Crippen LogP contribution in [0, 0.1) is 0 Å². The molecular formula is C40H47N7O10. The molecule has 2 aliphatic rings. The molecular weight excluding hydrogens is 738 g/mol. The standard InChI is InChI=1S/C40H47N7O10/c1-45(21-29-32(54-3)18-24(19-33(29)55-4)28-22-46(2)38(51)27-20-41-11-10-25(27)28)23-35(49)43-13-15-57-17-16-56-14-12-42-30-7-5-6-26-36(30)40(53)47(39(26)52)31-8-9-34(48)44-37(31)50/h5-7,10-11,18-20,22,31,35,42-43,49H,8-9,12-17,21,23H2,1-4H3,(H,44,48,50). The van der Waals surface area contributed by atoms with E-state index in [1.54, 1.807) is 58.1 Å². The number of imide groups is 2. The second-order valence-corrected chi connectivity index (χ2v) is 13.7. The smallest absolute Gasteiger partial charge is 0.264 e. The highest BCUT2D eigenvalue weighted by Gasteiger charge is 2.45. The Labute approximate surface area is 328 Å². The Morgan fingerprint density at radius 2 is 1.67 bits per heavy atom. The molecule has 2 aromatic heterocycles. The zero-order chi connectivity index (χ0) is 40.6. The Morgan fingerprint density at radius 3 is 2.37 bits per heavy atom. The molecule has 0 bridgehead atoms. The summed E-state index contributed by atoms with van der Waals surface area (Å²) in [6.45, 7) is 2.78. The molecule has 2 unspecified atom stereocenters. The monoisotopic (exact) mass is 785 g/mol. The van der Waals surface area contributed by atoms with E-state index < -0.39 is 35.9 Å². The van der Waals surface area contributed by atoms with Crippen LogP contribution in [0.3, 0.4) is 0 Å². The summed E-state index contributed by atoms with van der Waals surface area (Å²) in [6, 6.07) is 9.50. The molecule has 17 nitrogen and oxygen atoms in total. The van der Waals surface area contributed by atoms with Crippen molar-refractivity contribution in [2.45, 2.75) is 31.7 Å². The maximum Gasteiger partial charge on any atom is 0.264 e. The minimum atomic E-state index is -1.03. The van der Waals surface area contributed by atoms with Crippen LogP contribution in [-0.2, 0) is 32.7 Å². The summed E-state index contributed by atoms with van der Waals surface area (Å²) in [5.41, 5.74) is 3.18. The van der Waals surface area contributed by atoms with E-state index >= 15 is 0 Å². The number of nitrogens with zero attached hydrogens (tertiary/aromatic N) is 4. The molecule has 57 heavy (non-hydrogen) atoms. The van der Waals surface area contributed by atoms with E-state index in [1.165, 1.54) is 4.57 Å². The number of ether oxygens (including phenoxy) is 4. The summed E-state index contributed by atoms with van der Waals surface area (Å²) in [6.07, 6.45) is 4.32. The molecule has 1 saturated heterocycles. The highest BCUT2D eigenvalue weighted by molar-refractivity contribution is 6.25. The number of pyridine rings is 2. The number of anilines is 1.